The number of nitrogens with zero attached hydrogens (tertiary/aromatic N) is 2. The second kappa shape index (κ2) is 5.85. The molecule has 0 amide bonds. The molecule has 1 heterocycles. The van der Waals surface area contributed by atoms with E-state index in [9.17, 15) is 0 Å². The van der Waals surface area contributed by atoms with E-state index in [1.165, 1.54) is 0 Å². The van der Waals surface area contributed by atoms with Gasteiger partial charge in [-0.15, -0.1) is 10.2 Å². The van der Waals surface area contributed by atoms with Crippen molar-refractivity contribution in [2.75, 3.05) is 0 Å². The van der Waals surface area contributed by atoms with E-state index in [2.05, 4.69) is 10.2 Å². The summed E-state index contributed by atoms with van der Waals surface area (Å²) in [5, 5.41) is 8.80. The van der Waals surface area contributed by atoms with Crippen LogP contribution in [0.3, 0.4) is 0 Å². The predicted octanol–water partition coefficient (Wildman–Crippen LogP) is 4.09. The Hall–Kier alpha value is -1.88. The molecule has 2 aromatic carbocycles. The van der Waals surface area contributed by atoms with Crippen molar-refractivity contribution in [3.05, 3.63) is 70.0 Å². The van der Waals surface area contributed by atoms with E-state index in [-0.39, 0.29) is 0 Å². The standard InChI is InChI=1S/C15H11Cl2N3O/c16-11-8-4-7-10(12(11)17)14-19-20-15(21-14)13(18)9-5-2-1-3-6-9/h1-8,13H,18H2. The maximum Gasteiger partial charge on any atom is 0.249 e. The van der Waals surface area contributed by atoms with Gasteiger partial charge in [-0.3, -0.25) is 0 Å². The predicted molar refractivity (Wildman–Crippen MR) is 82.2 cm³/mol. The average molecular weight is 320 g/mol. The molecule has 1 atom stereocenters. The molecule has 1 aromatic heterocycles. The second-order valence-electron chi connectivity index (χ2n) is 4.44. The lowest BCUT2D eigenvalue weighted by Gasteiger charge is -2.06. The molecule has 21 heavy (non-hydrogen) atoms. The molecule has 0 aliphatic rings. The molecule has 6 heteroatoms. The molecule has 106 valence electrons. The van der Waals surface area contributed by atoms with Crippen molar-refractivity contribution in [2.45, 2.75) is 6.04 Å². The summed E-state index contributed by atoms with van der Waals surface area (Å²) in [5.41, 5.74) is 7.60. The van der Waals surface area contributed by atoms with Gasteiger partial charge in [0.2, 0.25) is 11.8 Å². The third-order valence-corrected chi connectivity index (χ3v) is 3.87. The first-order valence-corrected chi connectivity index (χ1v) is 7.00. The van der Waals surface area contributed by atoms with E-state index < -0.39 is 6.04 Å². The van der Waals surface area contributed by atoms with Gasteiger partial charge in [-0.25, -0.2) is 0 Å². The van der Waals surface area contributed by atoms with E-state index in [1.54, 1.807) is 18.2 Å². The Labute approximate surface area is 131 Å². The van der Waals surface area contributed by atoms with E-state index in [4.69, 9.17) is 33.4 Å². The zero-order valence-corrected chi connectivity index (χ0v) is 12.3. The molecule has 3 rings (SSSR count). The van der Waals surface area contributed by atoms with Gasteiger partial charge in [0, 0.05) is 0 Å². The maximum absolute atomic E-state index is 6.14. The minimum atomic E-state index is -0.481. The summed E-state index contributed by atoms with van der Waals surface area (Å²) >= 11 is 12.1. The van der Waals surface area contributed by atoms with Crippen molar-refractivity contribution < 1.29 is 4.42 Å². The lowest BCUT2D eigenvalue weighted by Crippen LogP contribution is -2.11. The number of hydrogen-bond acceptors (Lipinski definition) is 4. The van der Waals surface area contributed by atoms with Gasteiger partial charge >= 0.3 is 0 Å². The summed E-state index contributed by atoms with van der Waals surface area (Å²) < 4.78 is 5.63. The molecule has 0 fully saturated rings. The number of hydrogen-bond donors (Lipinski definition) is 1. The van der Waals surface area contributed by atoms with Crippen molar-refractivity contribution in [3.63, 3.8) is 0 Å². The molecule has 3 aromatic rings. The van der Waals surface area contributed by atoms with Crippen molar-refractivity contribution in [2.24, 2.45) is 5.73 Å². The summed E-state index contributed by atoms with van der Waals surface area (Å²) in [5.74, 6) is 0.621. The second-order valence-corrected chi connectivity index (χ2v) is 5.22. The molecule has 0 bridgehead atoms. The lowest BCUT2D eigenvalue weighted by atomic mass is 10.1. The Kier molecular flexibility index (Phi) is 3.92. The highest BCUT2D eigenvalue weighted by molar-refractivity contribution is 6.43. The van der Waals surface area contributed by atoms with Crippen molar-refractivity contribution in [1.29, 1.82) is 0 Å². The number of benzene rings is 2. The first kappa shape index (κ1) is 14.1. The Morgan fingerprint density at radius 2 is 1.71 bits per heavy atom. The summed E-state index contributed by atoms with van der Waals surface area (Å²) in [7, 11) is 0. The molecule has 0 radical (unpaired) electrons. The van der Waals surface area contributed by atoms with Gasteiger partial charge in [0.05, 0.1) is 15.6 Å². The monoisotopic (exact) mass is 319 g/mol. The molecule has 0 aliphatic heterocycles. The molecule has 4 nitrogen and oxygen atoms in total. The van der Waals surface area contributed by atoms with Crippen LogP contribution in [-0.4, -0.2) is 10.2 Å². The van der Waals surface area contributed by atoms with E-state index in [1.807, 2.05) is 30.3 Å². The average Bonchev–Trinajstić information content (AvgIpc) is 3.00. The van der Waals surface area contributed by atoms with Crippen molar-refractivity contribution in [3.8, 4) is 11.5 Å². The zero-order chi connectivity index (χ0) is 14.8. The van der Waals surface area contributed by atoms with Crippen LogP contribution in [0.15, 0.2) is 52.9 Å². The quantitative estimate of drug-likeness (QED) is 0.789. The topological polar surface area (TPSA) is 64.9 Å². The highest BCUT2D eigenvalue weighted by Crippen LogP contribution is 2.33. The van der Waals surface area contributed by atoms with Crippen molar-refractivity contribution in [1.82, 2.24) is 10.2 Å². The third-order valence-electron chi connectivity index (χ3n) is 3.05. The van der Waals surface area contributed by atoms with Gasteiger partial charge in [-0.05, 0) is 17.7 Å². The molecule has 2 N–H and O–H groups in total. The van der Waals surface area contributed by atoms with Gasteiger partial charge in [0.25, 0.3) is 0 Å². The SMILES string of the molecule is NC(c1ccccc1)c1nnc(-c2cccc(Cl)c2Cl)o1. The fourth-order valence-electron chi connectivity index (χ4n) is 1.94. The Morgan fingerprint density at radius 3 is 2.48 bits per heavy atom. The van der Waals surface area contributed by atoms with Gasteiger partial charge in [0.1, 0.15) is 6.04 Å². The fraction of sp³-hybridized carbons (Fsp3) is 0.0667. The van der Waals surface area contributed by atoms with Crippen LogP contribution in [0, 0.1) is 0 Å². The summed E-state index contributed by atoms with van der Waals surface area (Å²) in [6.45, 7) is 0. The first-order chi connectivity index (χ1) is 10.2. The summed E-state index contributed by atoms with van der Waals surface area (Å²) in [4.78, 5) is 0. The molecule has 1 unspecified atom stereocenters. The summed E-state index contributed by atoms with van der Waals surface area (Å²) in [6.07, 6.45) is 0. The maximum atomic E-state index is 6.14. The molecule has 0 spiro atoms. The van der Waals surface area contributed by atoms with Crippen LogP contribution in [-0.2, 0) is 0 Å². The minimum absolute atomic E-state index is 0.295. The smallest absolute Gasteiger partial charge is 0.249 e. The highest BCUT2D eigenvalue weighted by atomic mass is 35.5. The summed E-state index contributed by atoms with van der Waals surface area (Å²) in [6, 6.07) is 14.3. The van der Waals surface area contributed by atoms with Gasteiger partial charge < -0.3 is 10.2 Å². The molecule has 0 aliphatic carbocycles. The van der Waals surface area contributed by atoms with Gasteiger partial charge in [-0.2, -0.15) is 0 Å². The van der Waals surface area contributed by atoms with Crippen LogP contribution >= 0.6 is 23.2 Å². The van der Waals surface area contributed by atoms with Crippen LogP contribution in [0.4, 0.5) is 0 Å². The number of halogens is 2. The zero-order valence-electron chi connectivity index (χ0n) is 10.8. The fourth-order valence-corrected chi connectivity index (χ4v) is 2.32. The normalized spacial score (nSPS) is 12.3. The van der Waals surface area contributed by atoms with E-state index >= 15 is 0 Å². The molecule has 0 saturated heterocycles. The minimum Gasteiger partial charge on any atom is -0.419 e. The molecular formula is C15H11Cl2N3O. The van der Waals surface area contributed by atoms with Crippen LogP contribution in [0.5, 0.6) is 0 Å². The number of aromatic nitrogens is 2. The van der Waals surface area contributed by atoms with Crippen molar-refractivity contribution >= 4 is 23.2 Å². The largest absolute Gasteiger partial charge is 0.419 e. The van der Waals surface area contributed by atoms with Crippen LogP contribution in [0.25, 0.3) is 11.5 Å². The number of rotatable bonds is 3. The molecular weight excluding hydrogens is 309 g/mol. The Bertz CT molecular complexity index is 759. The van der Waals surface area contributed by atoms with Crippen LogP contribution < -0.4 is 5.73 Å². The van der Waals surface area contributed by atoms with Gasteiger partial charge in [0.15, 0.2) is 0 Å². The highest BCUT2D eigenvalue weighted by Gasteiger charge is 2.18. The first-order valence-electron chi connectivity index (χ1n) is 6.25. The van der Waals surface area contributed by atoms with E-state index in [0.717, 1.165) is 5.56 Å². The van der Waals surface area contributed by atoms with Gasteiger partial charge in [-0.1, -0.05) is 59.6 Å². The van der Waals surface area contributed by atoms with Crippen LogP contribution in [0.1, 0.15) is 17.5 Å². The lowest BCUT2D eigenvalue weighted by molar-refractivity contribution is 0.484. The Morgan fingerprint density at radius 1 is 0.952 bits per heavy atom. The Balaban J connectivity index is 1.95. The molecule has 0 saturated carbocycles. The third kappa shape index (κ3) is 2.78. The number of nitrogens with two attached hydrogens (primary N) is 1. The van der Waals surface area contributed by atoms with Crippen LogP contribution in [0.2, 0.25) is 10.0 Å². The van der Waals surface area contributed by atoms with E-state index in [0.29, 0.717) is 27.4 Å².